The first-order valence-electron chi connectivity index (χ1n) is 12.0. The lowest BCUT2D eigenvalue weighted by Gasteiger charge is -2.17. The quantitative estimate of drug-likeness (QED) is 0.123. The number of aromatic nitrogens is 3. The number of carbonyl (C=O) groups is 1. The van der Waals surface area contributed by atoms with Crippen LogP contribution in [0.1, 0.15) is 21.9 Å². The largest absolute Gasteiger partial charge is 0.496 e. The number of halogens is 4. The Hall–Kier alpha value is -3.58. The summed E-state index contributed by atoms with van der Waals surface area (Å²) in [4.78, 5) is 18.2. The Balaban J connectivity index is 1.75. The maximum atomic E-state index is 13.9. The van der Waals surface area contributed by atoms with Gasteiger partial charge in [0.2, 0.25) is 5.78 Å². The molecule has 3 aromatic heterocycles. The predicted molar refractivity (Wildman–Crippen MR) is 151 cm³/mol. The molecule has 0 saturated carbocycles. The molecule has 0 fully saturated rings. The summed E-state index contributed by atoms with van der Waals surface area (Å²) in [6, 6.07) is 8.64. The second-order valence-electron chi connectivity index (χ2n) is 8.85. The number of imidazole rings is 1. The number of methoxy groups -OCH3 is 2. The van der Waals surface area contributed by atoms with Crippen LogP contribution in [-0.4, -0.2) is 47.6 Å². The maximum absolute atomic E-state index is 13.9. The first kappa shape index (κ1) is 27.0. The van der Waals surface area contributed by atoms with Crippen LogP contribution in [0.3, 0.4) is 0 Å². The van der Waals surface area contributed by atoms with E-state index in [1.54, 1.807) is 44.0 Å². The molecule has 0 radical (unpaired) electrons. The number of nitrogens with one attached hydrogen (secondary N) is 1. The van der Waals surface area contributed by atoms with Crippen molar-refractivity contribution in [1.29, 1.82) is 0 Å². The third-order valence-electron chi connectivity index (χ3n) is 6.68. The predicted octanol–water partition coefficient (Wildman–Crippen LogP) is 6.21. The Bertz CT molecular complexity index is 1740. The number of benzene rings is 2. The van der Waals surface area contributed by atoms with E-state index in [1.807, 2.05) is 19.1 Å². The average molecular weight is 648 g/mol. The zero-order chi connectivity index (χ0) is 28.0. The molecule has 0 saturated heterocycles. The van der Waals surface area contributed by atoms with Crippen LogP contribution in [0.5, 0.6) is 5.75 Å². The van der Waals surface area contributed by atoms with Gasteiger partial charge in [-0.2, -0.15) is 0 Å². The molecule has 0 unspecified atom stereocenters. The topological polar surface area (TPSA) is 69.8 Å². The van der Waals surface area contributed by atoms with Crippen molar-refractivity contribution in [1.82, 2.24) is 14.0 Å². The summed E-state index contributed by atoms with van der Waals surface area (Å²) in [6.45, 7) is 3.06. The highest BCUT2D eigenvalue weighted by atomic mass is 127. The molecule has 7 nitrogen and oxygen atoms in total. The fourth-order valence-corrected chi connectivity index (χ4v) is 5.75. The number of hydrogen-bond donors (Lipinski definition) is 1. The van der Waals surface area contributed by atoms with E-state index in [-0.39, 0.29) is 11.3 Å². The Kier molecular flexibility index (Phi) is 7.29. The fourth-order valence-electron chi connectivity index (χ4n) is 4.91. The van der Waals surface area contributed by atoms with Crippen LogP contribution in [-0.2, 0) is 11.3 Å². The van der Waals surface area contributed by atoms with Gasteiger partial charge in [0, 0.05) is 47.7 Å². The molecule has 1 N–H and O–H groups in total. The third kappa shape index (κ3) is 4.42. The molecule has 3 heterocycles. The van der Waals surface area contributed by atoms with Gasteiger partial charge in [0.15, 0.2) is 17.5 Å². The summed E-state index contributed by atoms with van der Waals surface area (Å²) >= 11 is 2.12. The van der Waals surface area contributed by atoms with Gasteiger partial charge in [-0.25, -0.2) is 18.2 Å². The Morgan fingerprint density at radius 1 is 1.13 bits per heavy atom. The molecule has 5 aromatic rings. The summed E-state index contributed by atoms with van der Waals surface area (Å²) in [5.41, 5.74) is 4.43. The van der Waals surface area contributed by atoms with E-state index in [2.05, 4.69) is 32.5 Å². The van der Waals surface area contributed by atoms with E-state index < -0.39 is 23.2 Å². The molecule has 202 valence electrons. The summed E-state index contributed by atoms with van der Waals surface area (Å²) in [5.74, 6) is -3.71. The lowest BCUT2D eigenvalue weighted by Crippen LogP contribution is -2.08. The molecule has 0 spiro atoms. The van der Waals surface area contributed by atoms with Crippen LogP contribution in [0, 0.1) is 27.9 Å². The summed E-state index contributed by atoms with van der Waals surface area (Å²) in [5, 5.41) is 3.28. The molecular formula is C28H24F3IN4O3. The maximum Gasteiger partial charge on any atom is 0.209 e. The molecule has 0 atom stereocenters. The number of rotatable bonds is 8. The van der Waals surface area contributed by atoms with Gasteiger partial charge in [0.1, 0.15) is 17.1 Å². The average Bonchev–Trinajstić information content (AvgIpc) is 3.44. The minimum atomic E-state index is -1.62. The van der Waals surface area contributed by atoms with Crippen molar-refractivity contribution in [2.75, 3.05) is 33.2 Å². The molecular weight excluding hydrogens is 624 g/mol. The van der Waals surface area contributed by atoms with Gasteiger partial charge in [0.25, 0.3) is 0 Å². The minimum Gasteiger partial charge on any atom is -0.496 e. The number of hydrogen-bond acceptors (Lipinski definition) is 5. The smallest absolute Gasteiger partial charge is 0.209 e. The van der Waals surface area contributed by atoms with E-state index in [0.29, 0.717) is 36.6 Å². The second-order valence-corrected chi connectivity index (χ2v) is 10.0. The highest BCUT2D eigenvalue weighted by Gasteiger charge is 2.25. The standard InChI is InChI=1S/C28H24F3IN4O3/c1-14-34-25-20(35(14)8-9-38-3)13-22(39-4)23(26(25)33-2)16-6-5-7-36-21(12-19(32)27(16)36)28(37)15-10-17(29)24(31)18(30)11-15/h5-7,10-13,33H,8-9H2,1-4H3. The number of pyridine rings is 1. The van der Waals surface area contributed by atoms with Gasteiger partial charge in [-0.3, -0.25) is 4.79 Å². The van der Waals surface area contributed by atoms with E-state index >= 15 is 0 Å². The number of fused-ring (bicyclic) bond motifs is 2. The normalized spacial score (nSPS) is 11.5. The molecule has 0 amide bonds. The second kappa shape index (κ2) is 10.5. The molecule has 0 bridgehead atoms. The molecule has 0 aliphatic heterocycles. The lowest BCUT2D eigenvalue weighted by molar-refractivity contribution is 0.103. The van der Waals surface area contributed by atoms with Gasteiger partial charge < -0.3 is 23.8 Å². The highest BCUT2D eigenvalue weighted by Crippen LogP contribution is 2.45. The Labute approximate surface area is 235 Å². The SMILES string of the molecule is CNc1c(-c2cccn3c(C(=O)c4cc(F)c(F)c(F)c4)cc(I)c23)c(OC)cc2c1nc(C)n2CCOC. The number of nitrogens with zero attached hydrogens (tertiary/aromatic N) is 3. The van der Waals surface area contributed by atoms with Crippen LogP contribution in [0.15, 0.2) is 42.6 Å². The first-order valence-corrected chi connectivity index (χ1v) is 13.0. The molecule has 0 aliphatic carbocycles. The van der Waals surface area contributed by atoms with Crippen molar-refractivity contribution in [3.05, 3.63) is 80.7 Å². The van der Waals surface area contributed by atoms with E-state index in [1.165, 1.54) is 0 Å². The lowest BCUT2D eigenvalue weighted by atomic mass is 10.0. The fraction of sp³-hybridized carbons (Fsp3) is 0.214. The zero-order valence-electron chi connectivity index (χ0n) is 21.5. The molecule has 2 aromatic carbocycles. The van der Waals surface area contributed by atoms with Gasteiger partial charge >= 0.3 is 0 Å². The molecule has 11 heteroatoms. The molecule has 39 heavy (non-hydrogen) atoms. The van der Waals surface area contributed by atoms with E-state index in [9.17, 15) is 18.0 Å². The van der Waals surface area contributed by atoms with Crippen LogP contribution in [0.2, 0.25) is 0 Å². The van der Waals surface area contributed by atoms with Crippen molar-refractivity contribution in [3.63, 3.8) is 0 Å². The van der Waals surface area contributed by atoms with Gasteiger partial charge in [-0.05, 0) is 53.8 Å². The third-order valence-corrected chi connectivity index (χ3v) is 7.50. The minimum absolute atomic E-state index is 0.174. The van der Waals surface area contributed by atoms with Gasteiger partial charge in [-0.15, -0.1) is 0 Å². The van der Waals surface area contributed by atoms with Crippen molar-refractivity contribution >= 4 is 50.6 Å². The van der Waals surface area contributed by atoms with Crippen LogP contribution < -0.4 is 10.1 Å². The first-order chi connectivity index (χ1) is 18.7. The van der Waals surface area contributed by atoms with Crippen LogP contribution in [0.4, 0.5) is 18.9 Å². The Morgan fingerprint density at radius 3 is 2.49 bits per heavy atom. The summed E-state index contributed by atoms with van der Waals surface area (Å²) < 4.78 is 56.9. The van der Waals surface area contributed by atoms with Crippen molar-refractivity contribution in [2.24, 2.45) is 0 Å². The monoisotopic (exact) mass is 648 g/mol. The number of anilines is 1. The number of ether oxygens (including phenoxy) is 2. The van der Waals surface area contributed by atoms with Gasteiger partial charge in [0.05, 0.1) is 41.7 Å². The van der Waals surface area contributed by atoms with E-state index in [4.69, 9.17) is 14.5 Å². The van der Waals surface area contributed by atoms with Gasteiger partial charge in [-0.1, -0.05) is 6.07 Å². The molecule has 0 aliphatic rings. The summed E-state index contributed by atoms with van der Waals surface area (Å²) in [6.07, 6.45) is 1.69. The zero-order valence-corrected chi connectivity index (χ0v) is 23.7. The molecule has 5 rings (SSSR count). The number of aryl methyl sites for hydroxylation is 1. The number of carbonyl (C=O) groups excluding carboxylic acids is 1. The van der Waals surface area contributed by atoms with Crippen LogP contribution >= 0.6 is 22.6 Å². The number of ketones is 1. The Morgan fingerprint density at radius 2 is 1.85 bits per heavy atom. The van der Waals surface area contributed by atoms with E-state index in [0.717, 1.165) is 37.2 Å². The highest BCUT2D eigenvalue weighted by molar-refractivity contribution is 14.1. The van der Waals surface area contributed by atoms with Crippen molar-refractivity contribution in [3.8, 4) is 16.9 Å². The van der Waals surface area contributed by atoms with Crippen molar-refractivity contribution < 1.29 is 27.4 Å². The summed E-state index contributed by atoms with van der Waals surface area (Å²) in [7, 11) is 5.04. The van der Waals surface area contributed by atoms with Crippen LogP contribution in [0.25, 0.3) is 27.7 Å². The van der Waals surface area contributed by atoms with Crippen molar-refractivity contribution in [2.45, 2.75) is 13.5 Å².